The van der Waals surface area contributed by atoms with Crippen molar-refractivity contribution in [2.75, 3.05) is 14.2 Å². The quantitative estimate of drug-likeness (QED) is 0.384. The molecule has 1 amide bonds. The van der Waals surface area contributed by atoms with Crippen molar-refractivity contribution in [1.29, 1.82) is 0 Å². The van der Waals surface area contributed by atoms with E-state index in [0.29, 0.717) is 18.0 Å². The number of carbonyl (C=O) groups is 1. The molecule has 0 spiro atoms. The van der Waals surface area contributed by atoms with E-state index in [0.717, 1.165) is 35.3 Å². The number of amides is 1. The number of halogens is 1. The van der Waals surface area contributed by atoms with Crippen LogP contribution in [0, 0.1) is 12.7 Å². The summed E-state index contributed by atoms with van der Waals surface area (Å²) in [6.45, 7) is 3.95. The minimum absolute atomic E-state index is 0.00623. The highest BCUT2D eigenvalue weighted by Crippen LogP contribution is 2.38. The van der Waals surface area contributed by atoms with Crippen molar-refractivity contribution in [2.45, 2.75) is 38.6 Å². The van der Waals surface area contributed by atoms with Crippen LogP contribution in [0.3, 0.4) is 0 Å². The van der Waals surface area contributed by atoms with Gasteiger partial charge in [0.15, 0.2) is 0 Å². The molecule has 7 heteroatoms. The van der Waals surface area contributed by atoms with Crippen molar-refractivity contribution in [2.24, 2.45) is 4.99 Å². The Morgan fingerprint density at radius 3 is 2.65 bits per heavy atom. The molecule has 4 rings (SSSR count). The Bertz CT molecular complexity index is 1250. The van der Waals surface area contributed by atoms with Crippen molar-refractivity contribution >= 4 is 17.8 Å². The summed E-state index contributed by atoms with van der Waals surface area (Å²) in [7, 11) is 3.31. The number of benzene rings is 2. The lowest BCUT2D eigenvalue weighted by molar-refractivity contribution is -0.135. The summed E-state index contributed by atoms with van der Waals surface area (Å²) in [4.78, 5) is 23.6. The number of methoxy groups -OCH3 is 1. The first kappa shape index (κ1) is 23.4. The van der Waals surface area contributed by atoms with Crippen LogP contribution in [0.4, 0.5) is 4.39 Å². The SMILES string of the molecule is CN=C(/C=C/c1ccc(-n2cnc(C)c2)c(OC)c1)N1C(=O)CCCC1(C)c1ccc(F)cc1. The van der Waals surface area contributed by atoms with Gasteiger partial charge in [0.25, 0.3) is 0 Å². The summed E-state index contributed by atoms with van der Waals surface area (Å²) < 4.78 is 21.1. The Kier molecular flexibility index (Phi) is 6.63. The molecule has 1 fully saturated rings. The van der Waals surface area contributed by atoms with Crippen molar-refractivity contribution in [1.82, 2.24) is 14.5 Å². The normalized spacial score (nSPS) is 19.1. The summed E-state index contributed by atoms with van der Waals surface area (Å²) in [6, 6.07) is 12.3. The van der Waals surface area contributed by atoms with Crippen LogP contribution in [-0.4, -0.2) is 40.4 Å². The molecule has 0 saturated carbocycles. The van der Waals surface area contributed by atoms with Gasteiger partial charge in [0.2, 0.25) is 5.91 Å². The predicted octanol–water partition coefficient (Wildman–Crippen LogP) is 5.30. The smallest absolute Gasteiger partial charge is 0.228 e. The number of likely N-dealkylation sites (tertiary alicyclic amines) is 1. The van der Waals surface area contributed by atoms with Gasteiger partial charge >= 0.3 is 0 Å². The van der Waals surface area contributed by atoms with E-state index in [1.54, 1.807) is 37.5 Å². The van der Waals surface area contributed by atoms with Crippen LogP contribution >= 0.6 is 0 Å². The lowest BCUT2D eigenvalue weighted by atomic mass is 9.81. The molecule has 2 heterocycles. The molecule has 3 aromatic rings. The van der Waals surface area contributed by atoms with Gasteiger partial charge < -0.3 is 9.30 Å². The second-order valence-electron chi connectivity index (χ2n) is 8.63. The van der Waals surface area contributed by atoms with E-state index in [4.69, 9.17) is 4.74 Å². The first-order valence-electron chi connectivity index (χ1n) is 11.3. The Hall–Kier alpha value is -3.74. The Labute approximate surface area is 199 Å². The van der Waals surface area contributed by atoms with Gasteiger partial charge in [0.05, 0.1) is 30.4 Å². The van der Waals surface area contributed by atoms with E-state index in [9.17, 15) is 9.18 Å². The highest BCUT2D eigenvalue weighted by Gasteiger charge is 2.41. The van der Waals surface area contributed by atoms with Crippen LogP contribution in [0.25, 0.3) is 11.8 Å². The van der Waals surface area contributed by atoms with Gasteiger partial charge in [-0.3, -0.25) is 14.7 Å². The van der Waals surface area contributed by atoms with Crippen LogP contribution in [0.2, 0.25) is 0 Å². The maximum Gasteiger partial charge on any atom is 0.228 e. The summed E-state index contributed by atoms with van der Waals surface area (Å²) in [5, 5.41) is 0. The fraction of sp³-hybridized carbons (Fsp3) is 0.296. The number of aryl methyl sites for hydroxylation is 1. The second-order valence-corrected chi connectivity index (χ2v) is 8.63. The number of aromatic nitrogens is 2. The number of aliphatic imine (C=N–C) groups is 1. The number of ether oxygens (including phenoxy) is 1. The average molecular weight is 461 g/mol. The molecule has 1 aliphatic heterocycles. The fourth-order valence-corrected chi connectivity index (χ4v) is 4.53. The van der Waals surface area contributed by atoms with Gasteiger partial charge in [-0.25, -0.2) is 9.37 Å². The first-order valence-corrected chi connectivity index (χ1v) is 11.3. The van der Waals surface area contributed by atoms with E-state index in [-0.39, 0.29) is 11.7 Å². The van der Waals surface area contributed by atoms with Gasteiger partial charge in [-0.2, -0.15) is 0 Å². The van der Waals surface area contributed by atoms with E-state index < -0.39 is 5.54 Å². The van der Waals surface area contributed by atoms with Crippen molar-refractivity contribution in [3.05, 3.63) is 83.7 Å². The number of hydrogen-bond donors (Lipinski definition) is 0. The van der Waals surface area contributed by atoms with Gasteiger partial charge in [-0.1, -0.05) is 24.3 Å². The highest BCUT2D eigenvalue weighted by atomic mass is 19.1. The zero-order valence-electron chi connectivity index (χ0n) is 20.0. The summed E-state index contributed by atoms with van der Waals surface area (Å²) in [6.07, 6.45) is 9.45. The Morgan fingerprint density at radius 2 is 2.00 bits per heavy atom. The van der Waals surface area contributed by atoms with Crippen molar-refractivity contribution < 1.29 is 13.9 Å². The predicted molar refractivity (Wildman–Crippen MR) is 132 cm³/mol. The molecular weight excluding hydrogens is 431 g/mol. The molecule has 176 valence electrons. The number of hydrogen-bond acceptors (Lipinski definition) is 4. The van der Waals surface area contributed by atoms with Crippen LogP contribution in [0.1, 0.15) is 43.0 Å². The zero-order chi connectivity index (χ0) is 24.3. The summed E-state index contributed by atoms with van der Waals surface area (Å²) in [5.74, 6) is 0.977. The third-order valence-electron chi connectivity index (χ3n) is 6.34. The molecule has 0 bridgehead atoms. The van der Waals surface area contributed by atoms with Gasteiger partial charge in [-0.15, -0.1) is 0 Å². The molecule has 1 saturated heterocycles. The molecule has 34 heavy (non-hydrogen) atoms. The van der Waals surface area contributed by atoms with Gasteiger partial charge in [-0.05, 0) is 68.2 Å². The lowest BCUT2D eigenvalue weighted by Crippen LogP contribution is -2.53. The first-order chi connectivity index (χ1) is 16.4. The van der Waals surface area contributed by atoms with E-state index in [2.05, 4.69) is 9.98 Å². The molecule has 1 atom stereocenters. The second kappa shape index (κ2) is 9.63. The number of piperidine rings is 1. The molecule has 1 unspecified atom stereocenters. The number of nitrogens with zero attached hydrogens (tertiary/aromatic N) is 4. The molecule has 1 aliphatic rings. The molecule has 0 N–H and O–H groups in total. The molecular formula is C27H29FN4O2. The van der Waals surface area contributed by atoms with Crippen molar-refractivity contribution in [3.8, 4) is 11.4 Å². The van der Waals surface area contributed by atoms with Crippen LogP contribution in [0.5, 0.6) is 5.75 Å². The number of rotatable bonds is 5. The maximum absolute atomic E-state index is 13.6. The monoisotopic (exact) mass is 460 g/mol. The molecule has 6 nitrogen and oxygen atoms in total. The molecule has 1 aromatic heterocycles. The van der Waals surface area contributed by atoms with E-state index in [1.807, 2.05) is 55.0 Å². The van der Waals surface area contributed by atoms with Gasteiger partial charge in [0, 0.05) is 19.7 Å². The number of carbonyl (C=O) groups excluding carboxylic acids is 1. The summed E-state index contributed by atoms with van der Waals surface area (Å²) >= 11 is 0. The zero-order valence-corrected chi connectivity index (χ0v) is 20.0. The number of imidazole rings is 1. The minimum Gasteiger partial charge on any atom is -0.495 e. The van der Waals surface area contributed by atoms with Crippen LogP contribution < -0.4 is 4.74 Å². The maximum atomic E-state index is 13.6. The minimum atomic E-state index is -0.608. The standard InChI is InChI=1S/C27H29FN4O2/c1-19-17-31(18-30-19)23-13-7-20(16-24(23)34-4)8-14-25(29-3)32-26(33)6-5-15-27(32,2)21-9-11-22(28)12-10-21/h7-14,16-18H,5-6,15H2,1-4H3/b14-8+,29-25?. The third kappa shape index (κ3) is 4.51. The number of amidine groups is 1. The molecule has 2 aromatic carbocycles. The van der Waals surface area contributed by atoms with Gasteiger partial charge in [0.1, 0.15) is 17.4 Å². The van der Waals surface area contributed by atoms with E-state index >= 15 is 0 Å². The Balaban J connectivity index is 1.65. The largest absolute Gasteiger partial charge is 0.495 e. The summed E-state index contributed by atoms with van der Waals surface area (Å²) in [5.41, 5.74) is 3.00. The fourth-order valence-electron chi connectivity index (χ4n) is 4.53. The molecule has 0 aliphatic carbocycles. The van der Waals surface area contributed by atoms with Crippen molar-refractivity contribution in [3.63, 3.8) is 0 Å². The average Bonchev–Trinajstić information content (AvgIpc) is 3.27. The lowest BCUT2D eigenvalue weighted by Gasteiger charge is -2.45. The van der Waals surface area contributed by atoms with Crippen LogP contribution in [-0.2, 0) is 10.3 Å². The highest BCUT2D eigenvalue weighted by molar-refractivity contribution is 6.07. The van der Waals surface area contributed by atoms with E-state index in [1.165, 1.54) is 12.1 Å². The topological polar surface area (TPSA) is 59.7 Å². The Morgan fingerprint density at radius 1 is 1.24 bits per heavy atom. The van der Waals surface area contributed by atoms with Crippen LogP contribution in [0.15, 0.2) is 66.1 Å². The molecule has 0 radical (unpaired) electrons. The third-order valence-corrected chi connectivity index (χ3v) is 6.34.